The number of benzene rings is 7. The van der Waals surface area contributed by atoms with Gasteiger partial charge < -0.3 is 4.57 Å². The summed E-state index contributed by atoms with van der Waals surface area (Å²) in [5, 5.41) is 2.32. The van der Waals surface area contributed by atoms with Gasteiger partial charge in [-0.1, -0.05) is 76.6 Å². The van der Waals surface area contributed by atoms with Gasteiger partial charge in [0.2, 0.25) is 0 Å². The molecule has 0 saturated carbocycles. The largest absolute Gasteiger partial charge is 0.309 e. The Morgan fingerprint density at radius 2 is 0.833 bits per heavy atom. The van der Waals surface area contributed by atoms with Crippen LogP contribution < -0.4 is 0 Å². The molecule has 5 nitrogen and oxygen atoms in total. The van der Waals surface area contributed by atoms with Gasteiger partial charge in [0.05, 0.1) is 55.2 Å². The topological polar surface area (TPSA) is 56.5 Å². The van der Waals surface area contributed by atoms with Crippen molar-refractivity contribution in [2.75, 3.05) is 0 Å². The van der Waals surface area contributed by atoms with Crippen LogP contribution in [0.5, 0.6) is 0 Å². The Kier molecular flexibility index (Phi) is 5.95. The average Bonchev–Trinajstić information content (AvgIpc) is 3.46. The molecule has 10 rings (SSSR count). The van der Waals surface area contributed by atoms with E-state index in [1.165, 1.54) is 0 Å². The van der Waals surface area contributed by atoms with Crippen LogP contribution in [0.15, 0.2) is 150 Å². The van der Waals surface area contributed by atoms with Crippen molar-refractivity contribution >= 4 is 81.9 Å². The molecule has 0 aliphatic heterocycles. The van der Waals surface area contributed by atoms with Gasteiger partial charge in [0.25, 0.3) is 0 Å². The highest BCUT2D eigenvalue weighted by atomic mass is 79.9. The molecule has 0 atom stereocenters. The Balaban J connectivity index is 1.24. The predicted octanol–water partition coefficient (Wildman–Crippen LogP) is 11.1. The van der Waals surface area contributed by atoms with Crippen LogP contribution in [-0.2, 0) is 0 Å². The number of halogens is 1. The third-order valence-electron chi connectivity index (χ3n) is 9.21. The number of para-hydroxylation sites is 6. The second-order valence-corrected chi connectivity index (χ2v) is 13.0. The first-order chi connectivity index (χ1) is 23.7. The fourth-order valence-corrected chi connectivity index (χ4v) is 7.24. The fraction of sp³-hybridized carbons (Fsp3) is 0. The zero-order valence-corrected chi connectivity index (χ0v) is 27.1. The van der Waals surface area contributed by atoms with Crippen molar-refractivity contribution in [3.63, 3.8) is 0 Å². The lowest BCUT2D eigenvalue weighted by molar-refractivity contribution is 1.18. The first-order valence-corrected chi connectivity index (χ1v) is 16.6. The molecule has 10 aromatic rings. The van der Waals surface area contributed by atoms with Gasteiger partial charge in [-0.3, -0.25) is 0 Å². The molecule has 0 aliphatic carbocycles. The van der Waals surface area contributed by atoms with Crippen LogP contribution in [0.3, 0.4) is 0 Å². The predicted molar refractivity (Wildman–Crippen MR) is 201 cm³/mol. The van der Waals surface area contributed by atoms with Crippen LogP contribution in [-0.4, -0.2) is 24.5 Å². The fourth-order valence-electron chi connectivity index (χ4n) is 6.98. The lowest BCUT2D eigenvalue weighted by atomic mass is 9.98. The van der Waals surface area contributed by atoms with Gasteiger partial charge in [-0.15, -0.1) is 0 Å². The summed E-state index contributed by atoms with van der Waals surface area (Å²) in [6.45, 7) is 0. The van der Waals surface area contributed by atoms with Crippen LogP contribution in [0.1, 0.15) is 0 Å². The summed E-state index contributed by atoms with van der Waals surface area (Å²) in [5.74, 6) is 0. The molecule has 0 radical (unpaired) electrons. The smallest absolute Gasteiger partial charge is 0.0972 e. The van der Waals surface area contributed by atoms with E-state index in [1.807, 2.05) is 60.7 Å². The van der Waals surface area contributed by atoms with Crippen molar-refractivity contribution in [1.82, 2.24) is 24.5 Å². The van der Waals surface area contributed by atoms with Crippen molar-refractivity contribution in [2.24, 2.45) is 0 Å². The molecule has 224 valence electrons. The van der Waals surface area contributed by atoms with E-state index in [-0.39, 0.29) is 0 Å². The first kappa shape index (κ1) is 27.2. The summed E-state index contributed by atoms with van der Waals surface area (Å²) in [6, 6.07) is 50.6. The summed E-state index contributed by atoms with van der Waals surface area (Å²) in [4.78, 5) is 20.0. The summed E-state index contributed by atoms with van der Waals surface area (Å²) < 4.78 is 3.39. The third kappa shape index (κ3) is 4.23. The first-order valence-electron chi connectivity index (χ1n) is 15.8. The zero-order chi connectivity index (χ0) is 31.8. The number of nitrogens with zero attached hydrogens (tertiary/aromatic N) is 5. The van der Waals surface area contributed by atoms with Crippen LogP contribution >= 0.6 is 15.9 Å². The number of aromatic nitrogens is 5. The van der Waals surface area contributed by atoms with Gasteiger partial charge in [-0.25, -0.2) is 19.9 Å². The number of rotatable bonds is 3. The van der Waals surface area contributed by atoms with Crippen molar-refractivity contribution < 1.29 is 0 Å². The van der Waals surface area contributed by atoms with E-state index in [4.69, 9.17) is 19.9 Å². The molecule has 0 unspecified atom stereocenters. The van der Waals surface area contributed by atoms with Gasteiger partial charge in [-0.2, -0.15) is 0 Å². The Labute approximate surface area is 283 Å². The van der Waals surface area contributed by atoms with Gasteiger partial charge in [0.1, 0.15) is 0 Å². The molecular formula is C42H24BrN5. The molecule has 0 bridgehead atoms. The minimum atomic E-state index is 0.885. The maximum Gasteiger partial charge on any atom is 0.0972 e. The number of hydrogen-bond donors (Lipinski definition) is 0. The standard InChI is InChI=1S/C42H24BrN5/c43-27-17-19-28(20-18-27)48-39-21-15-25(29-7-5-13-37-41(29)46-35-11-3-1-9-33(35)44-37)23-31(39)32-24-26(16-22-40(32)48)30-8-6-14-38-42(30)47-36-12-4-2-10-34(36)45-38/h1-24H. The van der Waals surface area contributed by atoms with Crippen LogP contribution in [0.25, 0.3) is 93.9 Å². The maximum absolute atomic E-state index is 5.08. The van der Waals surface area contributed by atoms with Crippen molar-refractivity contribution in [3.8, 4) is 27.9 Å². The molecule has 0 aliphatic rings. The maximum atomic E-state index is 5.08. The highest BCUT2D eigenvalue weighted by Crippen LogP contribution is 2.39. The average molecular weight is 679 g/mol. The van der Waals surface area contributed by atoms with Gasteiger partial charge in [-0.05, 0) is 96.1 Å². The summed E-state index contributed by atoms with van der Waals surface area (Å²) in [7, 11) is 0. The van der Waals surface area contributed by atoms with Crippen LogP contribution in [0.4, 0.5) is 0 Å². The molecule has 6 heteroatoms. The Bertz CT molecular complexity index is 2730. The van der Waals surface area contributed by atoms with Crippen molar-refractivity contribution in [1.29, 1.82) is 0 Å². The second kappa shape index (κ2) is 10.5. The summed E-state index contributed by atoms with van der Waals surface area (Å²) in [6.07, 6.45) is 0. The monoisotopic (exact) mass is 677 g/mol. The van der Waals surface area contributed by atoms with Crippen LogP contribution in [0, 0.1) is 0 Å². The third-order valence-corrected chi connectivity index (χ3v) is 9.74. The molecule has 0 fully saturated rings. The second-order valence-electron chi connectivity index (χ2n) is 12.0. The van der Waals surface area contributed by atoms with Gasteiger partial charge in [0, 0.05) is 32.1 Å². The highest BCUT2D eigenvalue weighted by Gasteiger charge is 2.17. The molecule has 0 spiro atoms. The molecule has 3 aromatic heterocycles. The molecule has 3 heterocycles. The summed E-state index contributed by atoms with van der Waals surface area (Å²) >= 11 is 3.62. The highest BCUT2D eigenvalue weighted by molar-refractivity contribution is 9.10. The Morgan fingerprint density at radius 3 is 1.31 bits per heavy atom. The minimum Gasteiger partial charge on any atom is -0.309 e. The molecule has 0 amide bonds. The van der Waals surface area contributed by atoms with E-state index in [9.17, 15) is 0 Å². The van der Waals surface area contributed by atoms with Gasteiger partial charge in [0.15, 0.2) is 0 Å². The lowest BCUT2D eigenvalue weighted by Crippen LogP contribution is -1.94. The van der Waals surface area contributed by atoms with Crippen molar-refractivity contribution in [2.45, 2.75) is 0 Å². The Morgan fingerprint density at radius 1 is 0.396 bits per heavy atom. The lowest BCUT2D eigenvalue weighted by Gasteiger charge is -2.10. The van der Waals surface area contributed by atoms with E-state index in [1.54, 1.807) is 0 Å². The van der Waals surface area contributed by atoms with Gasteiger partial charge >= 0.3 is 0 Å². The Hall–Kier alpha value is -5.98. The summed E-state index contributed by atoms with van der Waals surface area (Å²) in [5.41, 5.74) is 14.8. The molecule has 0 saturated heterocycles. The van der Waals surface area contributed by atoms with E-state index in [2.05, 4.69) is 105 Å². The molecular weight excluding hydrogens is 654 g/mol. The van der Waals surface area contributed by atoms with E-state index < -0.39 is 0 Å². The SMILES string of the molecule is Brc1ccc(-n2c3ccc(-c4cccc5nc6ccccc6nc45)cc3c3cc(-c4cccc5nc6ccccc6nc45)ccc32)cc1. The molecule has 0 N–H and O–H groups in total. The number of hydrogen-bond acceptors (Lipinski definition) is 4. The molecule has 48 heavy (non-hydrogen) atoms. The minimum absolute atomic E-state index is 0.885. The quantitative estimate of drug-likeness (QED) is 0.175. The van der Waals surface area contributed by atoms with E-state index in [0.717, 1.165) is 98.4 Å². The molecule has 7 aromatic carbocycles. The van der Waals surface area contributed by atoms with Crippen LogP contribution in [0.2, 0.25) is 0 Å². The number of fused-ring (bicyclic) bond motifs is 7. The van der Waals surface area contributed by atoms with E-state index in [0.29, 0.717) is 0 Å². The normalized spacial score (nSPS) is 11.9. The zero-order valence-electron chi connectivity index (χ0n) is 25.5. The van der Waals surface area contributed by atoms with E-state index >= 15 is 0 Å². The van der Waals surface area contributed by atoms with Crippen molar-refractivity contribution in [3.05, 3.63) is 150 Å².